The van der Waals surface area contributed by atoms with Crippen LogP contribution in [0.5, 0.6) is 0 Å². The van der Waals surface area contributed by atoms with Gasteiger partial charge in [0, 0.05) is 46.0 Å². The number of nitrogens with zero attached hydrogens (tertiary/aromatic N) is 4. The lowest BCUT2D eigenvalue weighted by Gasteiger charge is -2.40. The van der Waals surface area contributed by atoms with E-state index in [-0.39, 0.29) is 6.04 Å². The molecule has 2 bridgehead atoms. The topological polar surface area (TPSA) is 32.3 Å². The Morgan fingerprint density at radius 1 is 0.726 bits per heavy atom. The molecule has 0 saturated carbocycles. The number of hydrogen-bond acceptors (Lipinski definition) is 4. The second-order valence-electron chi connectivity index (χ2n) is 16.4. The van der Waals surface area contributed by atoms with Gasteiger partial charge in [-0.2, -0.15) is 0 Å². The van der Waals surface area contributed by atoms with Gasteiger partial charge in [-0.05, 0) is 116 Å². The zero-order valence-electron chi connectivity index (χ0n) is 35.8. The average molecular weight is 807 g/mol. The van der Waals surface area contributed by atoms with Crippen LogP contribution in [0.1, 0.15) is 46.0 Å². The van der Waals surface area contributed by atoms with Gasteiger partial charge in [0.2, 0.25) is 0 Å². The largest absolute Gasteiger partial charge is 0.362 e. The van der Waals surface area contributed by atoms with Gasteiger partial charge in [0.05, 0.1) is 17.4 Å². The summed E-state index contributed by atoms with van der Waals surface area (Å²) in [5.41, 5.74) is 14.1. The summed E-state index contributed by atoms with van der Waals surface area (Å²) in [4.78, 5) is 15.2. The Morgan fingerprint density at radius 2 is 1.34 bits per heavy atom. The standard InChI is InChI=1S/C58H54N4/c1-3-46(25-18-38-61(52-26-12-6-13-27-52)53-28-14-7-15-29-53)47-31-30-43(2)62(57-41-45-20-17-16-19-44(39-45)40-51(57)33-32-47)54-36-34-49(35-37-54)56-42-55(48-21-8-4-9-22-48)59-58(60-56)50-23-10-5-11-24-50/h4-29,32,34-40,42-43,45,57H,3,30-31,33,41H2,1-2H3. The van der Waals surface area contributed by atoms with E-state index >= 15 is 0 Å². The van der Waals surface area contributed by atoms with Crippen molar-refractivity contribution in [2.24, 2.45) is 5.92 Å². The van der Waals surface area contributed by atoms with E-state index in [4.69, 9.17) is 9.97 Å². The van der Waals surface area contributed by atoms with Gasteiger partial charge in [0.1, 0.15) is 0 Å². The lowest BCUT2D eigenvalue weighted by atomic mass is 9.91. The van der Waals surface area contributed by atoms with Gasteiger partial charge in [-0.3, -0.25) is 0 Å². The van der Waals surface area contributed by atoms with Gasteiger partial charge < -0.3 is 9.80 Å². The molecule has 3 unspecified atom stereocenters. The molecule has 0 saturated heterocycles. The third-order valence-electron chi connectivity index (χ3n) is 12.3. The Bertz CT molecular complexity index is 2570. The van der Waals surface area contributed by atoms with Crippen LogP contribution in [-0.2, 0) is 0 Å². The van der Waals surface area contributed by atoms with Crippen molar-refractivity contribution in [1.82, 2.24) is 9.97 Å². The van der Waals surface area contributed by atoms with Crippen molar-refractivity contribution in [2.45, 2.75) is 58.0 Å². The molecule has 4 heteroatoms. The minimum atomic E-state index is 0.244. The van der Waals surface area contributed by atoms with Crippen LogP contribution in [0, 0.1) is 5.92 Å². The molecule has 0 spiro atoms. The Balaban J connectivity index is 1.04. The predicted molar refractivity (Wildman–Crippen MR) is 261 cm³/mol. The highest BCUT2D eigenvalue weighted by molar-refractivity contribution is 5.73. The summed E-state index contributed by atoms with van der Waals surface area (Å²) < 4.78 is 0. The highest BCUT2D eigenvalue weighted by atomic mass is 15.2. The molecule has 306 valence electrons. The molecule has 3 atom stereocenters. The molecule has 9 rings (SSSR count). The summed E-state index contributed by atoms with van der Waals surface area (Å²) in [7, 11) is 0. The van der Waals surface area contributed by atoms with E-state index in [0.29, 0.717) is 12.0 Å². The Hall–Kier alpha value is -7.04. The quantitative estimate of drug-likeness (QED) is 0.129. The molecule has 1 aromatic heterocycles. The zero-order valence-corrected chi connectivity index (χ0v) is 35.8. The second-order valence-corrected chi connectivity index (χ2v) is 16.4. The normalized spacial score (nSPS) is 18.9. The van der Waals surface area contributed by atoms with E-state index in [1.807, 2.05) is 24.3 Å². The van der Waals surface area contributed by atoms with Crippen molar-refractivity contribution >= 4 is 17.1 Å². The van der Waals surface area contributed by atoms with E-state index in [9.17, 15) is 0 Å². The van der Waals surface area contributed by atoms with E-state index in [0.717, 1.165) is 77.4 Å². The first-order valence-corrected chi connectivity index (χ1v) is 22.2. The lowest BCUT2D eigenvalue weighted by molar-refractivity contribution is 0.495. The SMILES string of the molecule is CCC(=CC=CN(c1ccccc1)c1ccccc1)C1=CCC2=CC3=CC(C=CC=C3)CC2N(c2ccc(-c3cc(-c4ccccc4)nc(-c4ccccc4)n3)cc2)C(C)CC1. The molecule has 0 fully saturated rings. The first-order valence-electron chi connectivity index (χ1n) is 22.2. The van der Waals surface area contributed by atoms with Crippen LogP contribution in [0.2, 0.25) is 0 Å². The van der Waals surface area contributed by atoms with E-state index < -0.39 is 0 Å². The summed E-state index contributed by atoms with van der Waals surface area (Å²) in [5, 5.41) is 0. The van der Waals surface area contributed by atoms with Crippen molar-refractivity contribution in [2.75, 3.05) is 9.80 Å². The molecule has 5 aromatic carbocycles. The summed E-state index contributed by atoms with van der Waals surface area (Å²) in [6.07, 6.45) is 28.3. The molecular weight excluding hydrogens is 753 g/mol. The molecule has 0 amide bonds. The Labute approximate surface area is 368 Å². The number of anilines is 3. The van der Waals surface area contributed by atoms with E-state index in [1.165, 1.54) is 28.0 Å². The third-order valence-corrected chi connectivity index (χ3v) is 12.3. The monoisotopic (exact) mass is 806 g/mol. The van der Waals surface area contributed by atoms with Gasteiger partial charge in [-0.25, -0.2) is 9.97 Å². The van der Waals surface area contributed by atoms with Crippen molar-refractivity contribution in [3.05, 3.63) is 235 Å². The molecule has 3 aliphatic rings. The molecule has 1 aliphatic heterocycles. The number of aromatic nitrogens is 2. The molecule has 2 aliphatic carbocycles. The smallest absolute Gasteiger partial charge is 0.160 e. The molecule has 6 aromatic rings. The van der Waals surface area contributed by atoms with Crippen molar-refractivity contribution in [3.63, 3.8) is 0 Å². The number of allylic oxidation sites excluding steroid dienone is 12. The minimum Gasteiger partial charge on any atom is -0.362 e. The fourth-order valence-electron chi connectivity index (χ4n) is 9.13. The van der Waals surface area contributed by atoms with Crippen LogP contribution in [0.3, 0.4) is 0 Å². The lowest BCUT2D eigenvalue weighted by Crippen LogP contribution is -2.43. The van der Waals surface area contributed by atoms with Gasteiger partial charge in [-0.1, -0.05) is 165 Å². The maximum absolute atomic E-state index is 5.14. The first kappa shape index (κ1) is 40.4. The van der Waals surface area contributed by atoms with Crippen LogP contribution >= 0.6 is 0 Å². The number of rotatable bonds is 10. The first-order chi connectivity index (χ1) is 30.6. The van der Waals surface area contributed by atoms with Crippen molar-refractivity contribution in [1.29, 1.82) is 0 Å². The molecule has 0 radical (unpaired) electrons. The van der Waals surface area contributed by atoms with Gasteiger partial charge in [0.15, 0.2) is 5.82 Å². The van der Waals surface area contributed by atoms with Crippen LogP contribution in [0.4, 0.5) is 17.1 Å². The fraction of sp³-hybridized carbons (Fsp3) is 0.172. The summed E-state index contributed by atoms with van der Waals surface area (Å²) >= 11 is 0. The number of para-hydroxylation sites is 2. The summed E-state index contributed by atoms with van der Waals surface area (Å²) in [5.74, 6) is 1.09. The van der Waals surface area contributed by atoms with Gasteiger partial charge in [0.25, 0.3) is 0 Å². The molecule has 2 heterocycles. The number of benzene rings is 5. The van der Waals surface area contributed by atoms with E-state index in [2.05, 4.69) is 212 Å². The van der Waals surface area contributed by atoms with E-state index in [1.54, 1.807) is 0 Å². The Morgan fingerprint density at radius 3 is 1.98 bits per heavy atom. The van der Waals surface area contributed by atoms with Gasteiger partial charge in [-0.15, -0.1) is 0 Å². The van der Waals surface area contributed by atoms with Crippen LogP contribution in [0.25, 0.3) is 33.9 Å². The average Bonchev–Trinajstić information content (AvgIpc) is 3.64. The van der Waals surface area contributed by atoms with Crippen molar-refractivity contribution in [3.8, 4) is 33.9 Å². The summed E-state index contributed by atoms with van der Waals surface area (Å²) in [6, 6.07) is 53.7. The summed E-state index contributed by atoms with van der Waals surface area (Å²) in [6.45, 7) is 4.72. The van der Waals surface area contributed by atoms with Crippen LogP contribution in [0.15, 0.2) is 235 Å². The predicted octanol–water partition coefficient (Wildman–Crippen LogP) is 14.8. The van der Waals surface area contributed by atoms with Gasteiger partial charge >= 0.3 is 0 Å². The number of fused-ring (bicyclic) bond motifs is 2. The second kappa shape index (κ2) is 19.1. The number of hydrogen-bond donors (Lipinski definition) is 0. The molecule has 62 heavy (non-hydrogen) atoms. The minimum absolute atomic E-state index is 0.244. The highest BCUT2D eigenvalue weighted by Gasteiger charge is 2.31. The van der Waals surface area contributed by atoms with Crippen LogP contribution in [-0.4, -0.2) is 22.1 Å². The van der Waals surface area contributed by atoms with Crippen molar-refractivity contribution < 1.29 is 0 Å². The zero-order chi connectivity index (χ0) is 42.1. The molecule has 4 nitrogen and oxygen atoms in total. The Kier molecular flexibility index (Phi) is 12.5. The maximum atomic E-state index is 5.14. The molecular formula is C58H54N4. The fourth-order valence-corrected chi connectivity index (χ4v) is 9.13. The molecule has 0 N–H and O–H groups in total. The highest BCUT2D eigenvalue weighted by Crippen LogP contribution is 2.39. The third kappa shape index (κ3) is 9.31. The van der Waals surface area contributed by atoms with Crippen LogP contribution < -0.4 is 9.80 Å². The maximum Gasteiger partial charge on any atom is 0.160 e.